The Labute approximate surface area is 134 Å². The third-order valence-electron chi connectivity index (χ3n) is 4.60. The lowest BCUT2D eigenvalue weighted by atomic mass is 10.1. The third kappa shape index (κ3) is 3.29. The van der Waals surface area contributed by atoms with Gasteiger partial charge in [0, 0.05) is 31.0 Å². The van der Waals surface area contributed by atoms with Crippen LogP contribution in [-0.2, 0) is 11.2 Å². The van der Waals surface area contributed by atoms with Crippen molar-refractivity contribution in [3.05, 3.63) is 35.7 Å². The van der Waals surface area contributed by atoms with E-state index in [4.69, 9.17) is 4.52 Å². The molecule has 1 fully saturated rings. The van der Waals surface area contributed by atoms with Crippen LogP contribution in [-0.4, -0.2) is 49.8 Å². The first-order valence-electron chi connectivity index (χ1n) is 7.91. The van der Waals surface area contributed by atoms with Crippen LogP contribution in [0.4, 0.5) is 0 Å². The zero-order valence-electron chi connectivity index (χ0n) is 13.5. The van der Waals surface area contributed by atoms with Gasteiger partial charge in [0.25, 0.3) is 0 Å². The van der Waals surface area contributed by atoms with Gasteiger partial charge < -0.3 is 19.1 Å². The number of hydrogen-bond acceptors (Lipinski definition) is 5. The lowest BCUT2D eigenvalue weighted by molar-refractivity contribution is -0.130. The molecule has 0 bridgehead atoms. The Balaban J connectivity index is 1.66. The summed E-state index contributed by atoms with van der Waals surface area (Å²) in [6.45, 7) is 4.86. The van der Waals surface area contributed by atoms with Crippen LogP contribution in [0, 0.1) is 13.8 Å². The van der Waals surface area contributed by atoms with Gasteiger partial charge in [-0.05, 0) is 26.7 Å². The summed E-state index contributed by atoms with van der Waals surface area (Å²) >= 11 is 0. The monoisotopic (exact) mass is 318 g/mol. The number of aryl methyl sites for hydroxylation is 2. The number of carbonyl (C=O) groups excluding carboxylic acids is 1. The molecule has 1 N–H and O–H groups in total. The third-order valence-corrected chi connectivity index (χ3v) is 4.60. The molecule has 2 atom stereocenters. The van der Waals surface area contributed by atoms with E-state index >= 15 is 0 Å². The molecular formula is C16H22N4O3. The van der Waals surface area contributed by atoms with Gasteiger partial charge in [-0.1, -0.05) is 5.16 Å². The quantitative estimate of drug-likeness (QED) is 0.921. The molecule has 3 heterocycles. The summed E-state index contributed by atoms with van der Waals surface area (Å²) < 4.78 is 7.04. The number of aliphatic hydroxyl groups is 1. The smallest absolute Gasteiger partial charge is 0.227 e. The van der Waals surface area contributed by atoms with E-state index in [1.54, 1.807) is 12.5 Å². The first kappa shape index (κ1) is 15.7. The molecule has 2 aromatic rings. The Morgan fingerprint density at radius 3 is 2.83 bits per heavy atom. The molecular weight excluding hydrogens is 296 g/mol. The summed E-state index contributed by atoms with van der Waals surface area (Å²) in [5, 5.41) is 14.2. The van der Waals surface area contributed by atoms with Gasteiger partial charge in [-0.15, -0.1) is 0 Å². The minimum atomic E-state index is -0.471. The van der Waals surface area contributed by atoms with Gasteiger partial charge in [0.2, 0.25) is 5.91 Å². The summed E-state index contributed by atoms with van der Waals surface area (Å²) in [7, 11) is 0. The van der Waals surface area contributed by atoms with Crippen LogP contribution < -0.4 is 0 Å². The highest BCUT2D eigenvalue weighted by Gasteiger charge is 2.28. The second kappa shape index (κ2) is 6.54. The molecule has 1 aliphatic heterocycles. The van der Waals surface area contributed by atoms with E-state index in [2.05, 4.69) is 10.1 Å². The second-order valence-electron chi connectivity index (χ2n) is 6.08. The largest absolute Gasteiger partial charge is 0.391 e. The van der Waals surface area contributed by atoms with Crippen LogP contribution >= 0.6 is 0 Å². The Hall–Kier alpha value is -2.15. The van der Waals surface area contributed by atoms with Crippen LogP contribution in [0.2, 0.25) is 0 Å². The average molecular weight is 318 g/mol. The van der Waals surface area contributed by atoms with E-state index in [9.17, 15) is 9.90 Å². The van der Waals surface area contributed by atoms with Crippen LogP contribution in [0.1, 0.15) is 35.9 Å². The lowest BCUT2D eigenvalue weighted by Gasteiger charge is -2.21. The van der Waals surface area contributed by atoms with Gasteiger partial charge in [0.1, 0.15) is 5.76 Å². The normalized spacial score (nSPS) is 22.1. The number of carbonyl (C=O) groups is 1. The fourth-order valence-electron chi connectivity index (χ4n) is 3.15. The highest BCUT2D eigenvalue weighted by atomic mass is 16.5. The number of rotatable bonds is 3. The van der Waals surface area contributed by atoms with Gasteiger partial charge in [-0.2, -0.15) is 0 Å². The molecule has 0 aromatic carbocycles. The van der Waals surface area contributed by atoms with E-state index in [1.807, 2.05) is 29.5 Å². The second-order valence-corrected chi connectivity index (χ2v) is 6.08. The van der Waals surface area contributed by atoms with Crippen molar-refractivity contribution in [3.8, 4) is 0 Å². The summed E-state index contributed by atoms with van der Waals surface area (Å²) in [5.74, 6) is 0.750. The zero-order chi connectivity index (χ0) is 16.4. The fraction of sp³-hybridized carbons (Fsp3) is 0.562. The molecule has 0 unspecified atom stereocenters. The lowest BCUT2D eigenvalue weighted by Crippen LogP contribution is -2.33. The number of nitrogens with zero attached hydrogens (tertiary/aromatic N) is 4. The maximum atomic E-state index is 12.6. The van der Waals surface area contributed by atoms with E-state index < -0.39 is 6.10 Å². The van der Waals surface area contributed by atoms with Gasteiger partial charge in [-0.3, -0.25) is 4.79 Å². The number of amides is 1. The molecule has 3 rings (SSSR count). The number of hydrogen-bond donors (Lipinski definition) is 1. The first-order valence-corrected chi connectivity index (χ1v) is 7.91. The van der Waals surface area contributed by atoms with Crippen molar-refractivity contribution >= 4 is 5.91 Å². The zero-order valence-corrected chi connectivity index (χ0v) is 13.5. The molecule has 1 amide bonds. The highest BCUT2D eigenvalue weighted by Crippen LogP contribution is 2.24. The van der Waals surface area contributed by atoms with Gasteiger partial charge in [-0.25, -0.2) is 4.98 Å². The van der Waals surface area contributed by atoms with Gasteiger partial charge in [0.05, 0.1) is 30.6 Å². The number of aliphatic hydroxyl groups excluding tert-OH is 1. The topological polar surface area (TPSA) is 84.4 Å². The molecule has 0 spiro atoms. The maximum Gasteiger partial charge on any atom is 0.227 e. The molecule has 124 valence electrons. The minimum Gasteiger partial charge on any atom is -0.391 e. The average Bonchev–Trinajstić information content (AvgIpc) is 3.11. The molecule has 2 aromatic heterocycles. The van der Waals surface area contributed by atoms with E-state index in [0.717, 1.165) is 11.3 Å². The maximum absolute atomic E-state index is 12.6. The van der Waals surface area contributed by atoms with E-state index in [0.29, 0.717) is 38.1 Å². The highest BCUT2D eigenvalue weighted by molar-refractivity contribution is 5.79. The predicted octanol–water partition coefficient (Wildman–Crippen LogP) is 1.26. The van der Waals surface area contributed by atoms with Crippen molar-refractivity contribution in [2.45, 2.75) is 45.3 Å². The summed E-state index contributed by atoms with van der Waals surface area (Å²) in [6.07, 6.45) is 6.39. The number of likely N-dealkylation sites (tertiary alicyclic amines) is 1. The summed E-state index contributed by atoms with van der Waals surface area (Å²) in [6, 6.07) is -0.0330. The number of imidazole rings is 1. The van der Waals surface area contributed by atoms with Crippen molar-refractivity contribution in [2.24, 2.45) is 0 Å². The van der Waals surface area contributed by atoms with Crippen LogP contribution in [0.3, 0.4) is 0 Å². The Morgan fingerprint density at radius 2 is 2.17 bits per heavy atom. The summed E-state index contributed by atoms with van der Waals surface area (Å²) in [4.78, 5) is 18.4. The molecule has 0 aliphatic carbocycles. The van der Waals surface area contributed by atoms with Crippen LogP contribution in [0.5, 0.6) is 0 Å². The molecule has 1 saturated heterocycles. The fourth-order valence-corrected chi connectivity index (χ4v) is 3.15. The molecule has 7 heteroatoms. The molecule has 23 heavy (non-hydrogen) atoms. The first-order chi connectivity index (χ1) is 11.1. The molecule has 0 saturated carbocycles. The van der Waals surface area contributed by atoms with Crippen molar-refractivity contribution in [2.75, 3.05) is 13.1 Å². The standard InChI is InChI=1S/C16H22N4O3/c1-11-13(12(2)23-18-11)9-16(22)19-6-3-14(15(21)4-7-19)20-8-5-17-10-20/h5,8,10,14-15,21H,3-4,6-7,9H2,1-2H3/t14-,15-/m0/s1. The predicted molar refractivity (Wildman–Crippen MR) is 82.8 cm³/mol. The van der Waals surface area contributed by atoms with Crippen molar-refractivity contribution < 1.29 is 14.4 Å². The van der Waals surface area contributed by atoms with Gasteiger partial charge in [0.15, 0.2) is 0 Å². The van der Waals surface area contributed by atoms with E-state index in [-0.39, 0.29) is 11.9 Å². The molecule has 7 nitrogen and oxygen atoms in total. The van der Waals surface area contributed by atoms with Crippen molar-refractivity contribution in [1.29, 1.82) is 0 Å². The Bertz CT molecular complexity index is 645. The van der Waals surface area contributed by atoms with Crippen LogP contribution in [0.15, 0.2) is 23.2 Å². The summed E-state index contributed by atoms with van der Waals surface area (Å²) in [5.41, 5.74) is 1.63. The Morgan fingerprint density at radius 1 is 1.39 bits per heavy atom. The molecule has 0 radical (unpaired) electrons. The van der Waals surface area contributed by atoms with Crippen LogP contribution in [0.25, 0.3) is 0 Å². The Kier molecular flexibility index (Phi) is 4.47. The van der Waals surface area contributed by atoms with Crippen molar-refractivity contribution in [1.82, 2.24) is 19.6 Å². The minimum absolute atomic E-state index is 0.0330. The molecule has 1 aliphatic rings. The van der Waals surface area contributed by atoms with Gasteiger partial charge >= 0.3 is 0 Å². The SMILES string of the molecule is Cc1noc(C)c1CC(=O)N1CC[C@H](O)[C@@H](n2ccnc2)CC1. The number of aromatic nitrogens is 3. The van der Waals surface area contributed by atoms with E-state index in [1.165, 1.54) is 0 Å². The van der Waals surface area contributed by atoms with Crippen molar-refractivity contribution in [3.63, 3.8) is 0 Å².